The van der Waals surface area contributed by atoms with Crippen LogP contribution in [0.25, 0.3) is 0 Å². The average molecular weight is 236 g/mol. The van der Waals surface area contributed by atoms with E-state index in [1.54, 1.807) is 7.11 Å². The first-order valence-corrected chi connectivity index (χ1v) is 5.62. The third-order valence-electron chi connectivity index (χ3n) is 3.16. The first kappa shape index (κ1) is 11.9. The van der Waals surface area contributed by atoms with Gasteiger partial charge < -0.3 is 14.6 Å². The number of aliphatic carboxylic acids is 1. The van der Waals surface area contributed by atoms with E-state index < -0.39 is 11.9 Å². The number of methoxy groups -OCH3 is 1. The molecule has 4 heteroatoms. The molecule has 0 radical (unpaired) electrons. The number of carboxylic acid groups (broad SMARTS) is 1. The van der Waals surface area contributed by atoms with Crippen LogP contribution in [0.2, 0.25) is 0 Å². The van der Waals surface area contributed by atoms with Crippen molar-refractivity contribution in [2.24, 2.45) is 5.92 Å². The van der Waals surface area contributed by atoms with Crippen LogP contribution in [0.15, 0.2) is 18.2 Å². The van der Waals surface area contributed by atoms with Crippen LogP contribution >= 0.6 is 0 Å². The molecule has 2 rings (SSSR count). The minimum absolute atomic E-state index is 0.336. The molecule has 1 saturated heterocycles. The molecule has 0 amide bonds. The SMILES string of the molecule is COc1ccc(C2OCCC2C(=O)O)cc1C. The van der Waals surface area contributed by atoms with Crippen molar-refractivity contribution in [2.75, 3.05) is 13.7 Å². The Labute approximate surface area is 100 Å². The molecule has 17 heavy (non-hydrogen) atoms. The lowest BCUT2D eigenvalue weighted by atomic mass is 9.94. The zero-order valence-electron chi connectivity index (χ0n) is 9.97. The summed E-state index contributed by atoms with van der Waals surface area (Å²) in [6.07, 6.45) is 0.238. The van der Waals surface area contributed by atoms with E-state index >= 15 is 0 Å². The standard InChI is InChI=1S/C13H16O4/c1-8-7-9(3-4-11(8)16-2)12-10(13(14)15)5-6-17-12/h3-4,7,10,12H,5-6H2,1-2H3,(H,14,15). The summed E-state index contributed by atoms with van der Waals surface area (Å²) in [5.41, 5.74) is 1.90. The summed E-state index contributed by atoms with van der Waals surface area (Å²) < 4.78 is 10.7. The van der Waals surface area contributed by atoms with E-state index in [1.165, 1.54) is 0 Å². The van der Waals surface area contributed by atoms with Gasteiger partial charge in [-0.1, -0.05) is 6.07 Å². The van der Waals surface area contributed by atoms with Crippen LogP contribution in [0.1, 0.15) is 23.7 Å². The third-order valence-corrected chi connectivity index (χ3v) is 3.16. The highest BCUT2D eigenvalue weighted by atomic mass is 16.5. The van der Waals surface area contributed by atoms with E-state index in [2.05, 4.69) is 0 Å². The molecule has 1 N–H and O–H groups in total. The fourth-order valence-corrected chi connectivity index (χ4v) is 2.25. The van der Waals surface area contributed by atoms with Gasteiger partial charge in [0.15, 0.2) is 0 Å². The molecule has 1 fully saturated rings. The van der Waals surface area contributed by atoms with Crippen molar-refractivity contribution in [1.29, 1.82) is 0 Å². The number of rotatable bonds is 3. The van der Waals surface area contributed by atoms with Crippen LogP contribution < -0.4 is 4.74 Å². The van der Waals surface area contributed by atoms with Gasteiger partial charge in [0.25, 0.3) is 0 Å². The number of hydrogen-bond donors (Lipinski definition) is 1. The van der Waals surface area contributed by atoms with Crippen molar-refractivity contribution >= 4 is 5.97 Å². The van der Waals surface area contributed by atoms with Gasteiger partial charge in [-0.05, 0) is 36.6 Å². The molecule has 92 valence electrons. The Kier molecular flexibility index (Phi) is 3.33. The number of carboxylic acids is 1. The van der Waals surface area contributed by atoms with Crippen LogP contribution in [0.5, 0.6) is 5.75 Å². The lowest BCUT2D eigenvalue weighted by Gasteiger charge is -2.16. The average Bonchev–Trinajstić information content (AvgIpc) is 2.77. The summed E-state index contributed by atoms with van der Waals surface area (Å²) in [5.74, 6) is -0.428. The molecule has 4 nitrogen and oxygen atoms in total. The first-order valence-electron chi connectivity index (χ1n) is 5.62. The van der Waals surface area contributed by atoms with Gasteiger partial charge in [0.1, 0.15) is 5.75 Å². The lowest BCUT2D eigenvalue weighted by molar-refractivity contribution is -0.143. The van der Waals surface area contributed by atoms with Crippen LogP contribution in [0, 0.1) is 12.8 Å². The van der Waals surface area contributed by atoms with Crippen molar-refractivity contribution < 1.29 is 19.4 Å². The smallest absolute Gasteiger partial charge is 0.309 e. The van der Waals surface area contributed by atoms with Crippen LogP contribution in [0.4, 0.5) is 0 Å². The van der Waals surface area contributed by atoms with Gasteiger partial charge in [-0.25, -0.2) is 0 Å². The Hall–Kier alpha value is -1.55. The maximum absolute atomic E-state index is 11.1. The number of aryl methyl sites for hydroxylation is 1. The molecule has 0 aromatic heterocycles. The molecule has 0 saturated carbocycles. The van der Waals surface area contributed by atoms with Crippen molar-refractivity contribution in [3.05, 3.63) is 29.3 Å². The van der Waals surface area contributed by atoms with E-state index in [0.29, 0.717) is 13.0 Å². The number of carbonyl (C=O) groups is 1. The molecule has 1 aliphatic heterocycles. The second-order valence-corrected chi connectivity index (χ2v) is 4.25. The molecular weight excluding hydrogens is 220 g/mol. The summed E-state index contributed by atoms with van der Waals surface area (Å²) in [7, 11) is 1.62. The quantitative estimate of drug-likeness (QED) is 0.873. The highest BCUT2D eigenvalue weighted by Gasteiger charge is 2.35. The van der Waals surface area contributed by atoms with Crippen LogP contribution in [-0.4, -0.2) is 24.8 Å². The van der Waals surface area contributed by atoms with Crippen molar-refractivity contribution in [1.82, 2.24) is 0 Å². The Balaban J connectivity index is 2.27. The van der Waals surface area contributed by atoms with Gasteiger partial charge in [0.05, 0.1) is 19.1 Å². The van der Waals surface area contributed by atoms with E-state index in [0.717, 1.165) is 16.9 Å². The van der Waals surface area contributed by atoms with Gasteiger partial charge in [-0.15, -0.1) is 0 Å². The van der Waals surface area contributed by atoms with E-state index in [-0.39, 0.29) is 6.10 Å². The van der Waals surface area contributed by atoms with Crippen molar-refractivity contribution in [2.45, 2.75) is 19.4 Å². The second kappa shape index (κ2) is 4.75. The zero-order valence-corrected chi connectivity index (χ0v) is 9.97. The summed E-state index contributed by atoms with van der Waals surface area (Å²) in [6.45, 7) is 2.44. The molecule has 1 heterocycles. The molecule has 0 spiro atoms. The fraction of sp³-hybridized carbons (Fsp3) is 0.462. The predicted octanol–water partition coefficient (Wildman–Crippen LogP) is 2.17. The Morgan fingerprint density at radius 3 is 2.88 bits per heavy atom. The highest BCUT2D eigenvalue weighted by molar-refractivity contribution is 5.71. The highest BCUT2D eigenvalue weighted by Crippen LogP contribution is 2.36. The Morgan fingerprint density at radius 2 is 2.29 bits per heavy atom. The minimum Gasteiger partial charge on any atom is -0.496 e. The van der Waals surface area contributed by atoms with E-state index in [1.807, 2.05) is 25.1 Å². The minimum atomic E-state index is -0.791. The molecule has 1 aromatic carbocycles. The van der Waals surface area contributed by atoms with Crippen LogP contribution in [0.3, 0.4) is 0 Å². The number of hydrogen-bond acceptors (Lipinski definition) is 3. The second-order valence-electron chi connectivity index (χ2n) is 4.25. The van der Waals surface area contributed by atoms with Crippen molar-refractivity contribution in [3.63, 3.8) is 0 Å². The summed E-state index contributed by atoms with van der Waals surface area (Å²) in [5, 5.41) is 9.11. The topological polar surface area (TPSA) is 55.8 Å². The molecule has 0 bridgehead atoms. The van der Waals surface area contributed by atoms with Gasteiger partial charge >= 0.3 is 5.97 Å². The number of benzene rings is 1. The fourth-order valence-electron chi connectivity index (χ4n) is 2.25. The van der Waals surface area contributed by atoms with Gasteiger partial charge in [0, 0.05) is 6.61 Å². The van der Waals surface area contributed by atoms with Crippen molar-refractivity contribution in [3.8, 4) is 5.75 Å². The molecular formula is C13H16O4. The number of ether oxygens (including phenoxy) is 2. The molecule has 1 aliphatic rings. The summed E-state index contributed by atoms with van der Waals surface area (Å²) in [6, 6.07) is 5.66. The Bertz CT molecular complexity index is 427. The van der Waals surface area contributed by atoms with Gasteiger partial charge in [-0.3, -0.25) is 4.79 Å². The predicted molar refractivity (Wildman–Crippen MR) is 62.2 cm³/mol. The monoisotopic (exact) mass is 236 g/mol. The summed E-state index contributed by atoms with van der Waals surface area (Å²) in [4.78, 5) is 11.1. The Morgan fingerprint density at radius 1 is 1.53 bits per heavy atom. The third kappa shape index (κ3) is 2.26. The summed E-state index contributed by atoms with van der Waals surface area (Å²) >= 11 is 0. The first-order chi connectivity index (χ1) is 8.13. The largest absolute Gasteiger partial charge is 0.496 e. The van der Waals surface area contributed by atoms with E-state index in [4.69, 9.17) is 14.6 Å². The maximum Gasteiger partial charge on any atom is 0.309 e. The van der Waals surface area contributed by atoms with E-state index in [9.17, 15) is 4.79 Å². The molecule has 0 aliphatic carbocycles. The molecule has 2 atom stereocenters. The normalized spacial score (nSPS) is 23.6. The van der Waals surface area contributed by atoms with Gasteiger partial charge in [0.2, 0.25) is 0 Å². The zero-order chi connectivity index (χ0) is 12.4. The molecule has 1 aromatic rings. The van der Waals surface area contributed by atoms with Gasteiger partial charge in [-0.2, -0.15) is 0 Å². The van der Waals surface area contributed by atoms with Crippen LogP contribution in [-0.2, 0) is 9.53 Å². The molecule has 2 unspecified atom stereocenters. The lowest BCUT2D eigenvalue weighted by Crippen LogP contribution is -2.17. The maximum atomic E-state index is 11.1.